The molecule has 0 aromatic heterocycles. The van der Waals surface area contributed by atoms with Gasteiger partial charge in [0.15, 0.2) is 0 Å². The molecule has 3 aromatic rings. The maximum atomic E-state index is 10.7. The van der Waals surface area contributed by atoms with Gasteiger partial charge in [-0.2, -0.15) is 0 Å². The first-order valence-electron chi connectivity index (χ1n) is 6.31. The van der Waals surface area contributed by atoms with Gasteiger partial charge in [-0.05, 0) is 35.0 Å². The molecule has 0 saturated carbocycles. The predicted molar refractivity (Wildman–Crippen MR) is 78.8 cm³/mol. The van der Waals surface area contributed by atoms with E-state index in [1.54, 1.807) is 48.5 Å². The normalized spacial score (nSPS) is 10.5. The quantitative estimate of drug-likeness (QED) is 0.420. The van der Waals surface area contributed by atoms with Gasteiger partial charge in [0.1, 0.15) is 11.5 Å². The van der Waals surface area contributed by atoms with E-state index >= 15 is 0 Å². The first kappa shape index (κ1) is 13.7. The molecule has 3 aromatic carbocycles. The van der Waals surface area contributed by atoms with Gasteiger partial charge in [-0.25, -0.2) is 9.59 Å². The molecule has 0 saturated heterocycles. The summed E-state index contributed by atoms with van der Waals surface area (Å²) < 4.78 is 9.52. The highest BCUT2D eigenvalue weighted by Crippen LogP contribution is 2.34. The van der Waals surface area contributed by atoms with Crippen molar-refractivity contribution in [1.82, 2.24) is 0 Å². The Morgan fingerprint density at radius 3 is 1.50 bits per heavy atom. The minimum absolute atomic E-state index is 0.219. The highest BCUT2D eigenvalue weighted by Gasteiger charge is 2.11. The second-order valence-corrected chi connectivity index (χ2v) is 4.54. The van der Waals surface area contributed by atoms with E-state index in [-0.39, 0.29) is 11.5 Å². The fourth-order valence-corrected chi connectivity index (χ4v) is 2.36. The summed E-state index contributed by atoms with van der Waals surface area (Å²) in [5, 5.41) is 20.2. The Kier molecular flexibility index (Phi) is 3.27. The second-order valence-electron chi connectivity index (χ2n) is 4.54. The minimum Gasteiger partial charge on any atom is -0.449 e. The molecule has 0 amide bonds. The summed E-state index contributed by atoms with van der Waals surface area (Å²) in [5.41, 5.74) is 0. The van der Waals surface area contributed by atoms with Gasteiger partial charge in [-0.3, -0.25) is 0 Å². The molecule has 0 unspecified atom stereocenters. The molecule has 22 heavy (non-hydrogen) atoms. The number of carbonyl (C=O) groups is 2. The van der Waals surface area contributed by atoms with Gasteiger partial charge in [0, 0.05) is 10.8 Å². The van der Waals surface area contributed by atoms with Gasteiger partial charge in [0.25, 0.3) is 0 Å². The number of fused-ring (bicyclic) bond motifs is 2. The maximum absolute atomic E-state index is 10.7. The molecule has 0 aliphatic carbocycles. The van der Waals surface area contributed by atoms with Crippen LogP contribution in [0.2, 0.25) is 0 Å². The SMILES string of the molecule is O=C(O)Oc1cccc2cc3c(OC(=O)O)cccc3cc12. The molecule has 3 rings (SSSR count). The van der Waals surface area contributed by atoms with E-state index in [9.17, 15) is 9.59 Å². The fourth-order valence-electron chi connectivity index (χ4n) is 2.36. The molecule has 2 N–H and O–H groups in total. The van der Waals surface area contributed by atoms with Crippen LogP contribution in [0, 0.1) is 0 Å². The molecule has 0 fully saturated rings. The number of benzene rings is 3. The van der Waals surface area contributed by atoms with Crippen molar-refractivity contribution in [2.45, 2.75) is 0 Å². The standard InChI is InChI=1S/C16H10O6/c17-15(18)21-13-5-1-3-9-7-12-10(8-11(9)13)4-2-6-14(12)22-16(19)20/h1-8H,(H,17,18)(H,19,20). The van der Waals surface area contributed by atoms with Crippen molar-refractivity contribution >= 4 is 33.9 Å². The van der Waals surface area contributed by atoms with E-state index in [1.165, 1.54) is 0 Å². The third-order valence-corrected chi connectivity index (χ3v) is 3.19. The first-order valence-corrected chi connectivity index (χ1v) is 6.31. The van der Waals surface area contributed by atoms with Crippen molar-refractivity contribution < 1.29 is 29.3 Å². The molecule has 6 nitrogen and oxygen atoms in total. The van der Waals surface area contributed by atoms with E-state index in [1.807, 2.05) is 0 Å². The van der Waals surface area contributed by atoms with Gasteiger partial charge in [0.2, 0.25) is 0 Å². The topological polar surface area (TPSA) is 93.1 Å². The van der Waals surface area contributed by atoms with Crippen molar-refractivity contribution in [3.63, 3.8) is 0 Å². The lowest BCUT2D eigenvalue weighted by Crippen LogP contribution is -2.04. The van der Waals surface area contributed by atoms with E-state index in [4.69, 9.17) is 19.7 Å². The number of hydrogen-bond donors (Lipinski definition) is 2. The predicted octanol–water partition coefficient (Wildman–Crippen LogP) is 4.11. The molecule has 0 aliphatic heterocycles. The Morgan fingerprint density at radius 2 is 1.14 bits per heavy atom. The Labute approximate surface area is 124 Å². The van der Waals surface area contributed by atoms with E-state index in [0.717, 1.165) is 0 Å². The summed E-state index contributed by atoms with van der Waals surface area (Å²) in [7, 11) is 0. The van der Waals surface area contributed by atoms with Gasteiger partial charge < -0.3 is 19.7 Å². The van der Waals surface area contributed by atoms with Crippen molar-refractivity contribution in [2.24, 2.45) is 0 Å². The summed E-state index contributed by atoms with van der Waals surface area (Å²) in [5.74, 6) is 0.438. The zero-order chi connectivity index (χ0) is 15.7. The Balaban J connectivity index is 2.26. The zero-order valence-corrected chi connectivity index (χ0v) is 11.1. The average Bonchev–Trinajstić information content (AvgIpc) is 2.45. The Morgan fingerprint density at radius 1 is 0.727 bits per heavy atom. The van der Waals surface area contributed by atoms with Crippen LogP contribution in [0.4, 0.5) is 9.59 Å². The lowest BCUT2D eigenvalue weighted by Gasteiger charge is -2.09. The molecule has 0 atom stereocenters. The van der Waals surface area contributed by atoms with Crippen LogP contribution >= 0.6 is 0 Å². The minimum atomic E-state index is -1.39. The molecule has 0 heterocycles. The lowest BCUT2D eigenvalue weighted by molar-refractivity contribution is 0.143. The lowest BCUT2D eigenvalue weighted by atomic mass is 10.0. The molecule has 0 radical (unpaired) electrons. The van der Waals surface area contributed by atoms with E-state index < -0.39 is 12.3 Å². The van der Waals surface area contributed by atoms with Crippen LogP contribution in [-0.2, 0) is 0 Å². The number of hydrogen-bond acceptors (Lipinski definition) is 4. The van der Waals surface area contributed by atoms with Crippen LogP contribution < -0.4 is 9.47 Å². The van der Waals surface area contributed by atoms with Crippen molar-refractivity contribution in [3.8, 4) is 11.5 Å². The summed E-state index contributed by atoms with van der Waals surface area (Å²) in [6, 6.07) is 13.5. The van der Waals surface area contributed by atoms with Gasteiger partial charge >= 0.3 is 12.3 Å². The molecule has 0 aliphatic rings. The summed E-state index contributed by atoms with van der Waals surface area (Å²) >= 11 is 0. The zero-order valence-electron chi connectivity index (χ0n) is 11.1. The molecular formula is C16H10O6. The van der Waals surface area contributed by atoms with Crippen LogP contribution in [-0.4, -0.2) is 22.5 Å². The Bertz CT molecular complexity index is 824. The monoisotopic (exact) mass is 298 g/mol. The van der Waals surface area contributed by atoms with Crippen LogP contribution in [0.1, 0.15) is 0 Å². The van der Waals surface area contributed by atoms with Gasteiger partial charge in [-0.1, -0.05) is 24.3 Å². The van der Waals surface area contributed by atoms with Gasteiger partial charge in [0.05, 0.1) is 0 Å². The summed E-state index contributed by atoms with van der Waals surface area (Å²) in [6.07, 6.45) is -2.79. The molecule has 0 spiro atoms. The average molecular weight is 298 g/mol. The van der Waals surface area contributed by atoms with Crippen molar-refractivity contribution in [1.29, 1.82) is 0 Å². The van der Waals surface area contributed by atoms with Crippen LogP contribution in [0.3, 0.4) is 0 Å². The number of rotatable bonds is 2. The van der Waals surface area contributed by atoms with E-state index in [2.05, 4.69) is 0 Å². The smallest absolute Gasteiger partial charge is 0.449 e. The highest BCUT2D eigenvalue weighted by atomic mass is 16.7. The van der Waals surface area contributed by atoms with Crippen molar-refractivity contribution in [2.75, 3.05) is 0 Å². The van der Waals surface area contributed by atoms with Crippen LogP contribution in [0.25, 0.3) is 21.5 Å². The molecule has 6 heteroatoms. The largest absolute Gasteiger partial charge is 0.511 e. The second kappa shape index (κ2) is 5.25. The third kappa shape index (κ3) is 2.49. The number of carboxylic acid groups (broad SMARTS) is 2. The number of ether oxygens (including phenoxy) is 2. The van der Waals surface area contributed by atoms with Gasteiger partial charge in [-0.15, -0.1) is 0 Å². The third-order valence-electron chi connectivity index (χ3n) is 3.19. The van der Waals surface area contributed by atoms with Crippen LogP contribution in [0.5, 0.6) is 11.5 Å². The van der Waals surface area contributed by atoms with Crippen molar-refractivity contribution in [3.05, 3.63) is 48.5 Å². The summed E-state index contributed by atoms with van der Waals surface area (Å²) in [6.45, 7) is 0. The Hall–Kier alpha value is -3.28. The maximum Gasteiger partial charge on any atom is 0.511 e. The van der Waals surface area contributed by atoms with E-state index in [0.29, 0.717) is 21.5 Å². The molecular weight excluding hydrogens is 288 g/mol. The first-order chi connectivity index (χ1) is 10.5. The molecule has 0 bridgehead atoms. The highest BCUT2D eigenvalue weighted by molar-refractivity contribution is 6.03. The van der Waals surface area contributed by atoms with Crippen LogP contribution in [0.15, 0.2) is 48.5 Å². The summed E-state index contributed by atoms with van der Waals surface area (Å²) in [4.78, 5) is 21.5. The fraction of sp³-hybridized carbons (Fsp3) is 0. The molecule has 110 valence electrons.